The summed E-state index contributed by atoms with van der Waals surface area (Å²) < 4.78 is 0. The van der Waals surface area contributed by atoms with Gasteiger partial charge in [0.15, 0.2) is 0 Å². The average Bonchev–Trinajstić information content (AvgIpc) is 2.32. The Morgan fingerprint density at radius 1 is 1.18 bits per heavy atom. The Bertz CT molecular complexity index is 278. The molecule has 0 bridgehead atoms. The molecule has 0 aromatic heterocycles. The van der Waals surface area contributed by atoms with E-state index in [0.717, 1.165) is 5.06 Å². The summed E-state index contributed by atoms with van der Waals surface area (Å²) in [6, 6.07) is 0. The van der Waals surface area contributed by atoms with Gasteiger partial charge in [-0.15, -0.1) is 0 Å². The molecule has 0 heterocycles. The minimum Gasteiger partial charge on any atom is -0.392 e. The van der Waals surface area contributed by atoms with Gasteiger partial charge >= 0.3 is 0 Å². The molecule has 0 saturated heterocycles. The van der Waals surface area contributed by atoms with E-state index >= 15 is 0 Å². The lowest BCUT2D eigenvalue weighted by Gasteiger charge is -2.25. The Morgan fingerprint density at radius 2 is 1.65 bits per heavy atom. The Morgan fingerprint density at radius 3 is 2.00 bits per heavy atom. The molecule has 0 aliphatic heterocycles. The molecule has 0 fully saturated rings. The molecule has 0 aliphatic rings. The van der Waals surface area contributed by atoms with Gasteiger partial charge in [-0.25, -0.2) is 5.06 Å². The maximum Gasteiger partial charge on any atom is 0.256 e. The van der Waals surface area contributed by atoms with Crippen molar-refractivity contribution in [2.24, 2.45) is 17.8 Å². The van der Waals surface area contributed by atoms with E-state index in [-0.39, 0.29) is 11.7 Å². The van der Waals surface area contributed by atoms with Crippen molar-refractivity contribution in [3.05, 3.63) is 0 Å². The summed E-state index contributed by atoms with van der Waals surface area (Å²) >= 11 is 0. The summed E-state index contributed by atoms with van der Waals surface area (Å²) in [5.41, 5.74) is 0. The third-order valence-corrected chi connectivity index (χ3v) is 3.03. The van der Waals surface area contributed by atoms with Crippen molar-refractivity contribution in [3.8, 4) is 0 Å². The number of carbonyl (C=O) groups is 2. The number of carbonyl (C=O) groups excluding carboxylic acids is 2. The molecule has 1 amide bonds. The number of hydrogen-bond donors (Lipinski definition) is 1. The highest BCUT2D eigenvalue weighted by molar-refractivity contribution is 6.01. The minimum atomic E-state index is -0.802. The number of hydrogen-bond acceptors (Lipinski definition) is 4. The van der Waals surface area contributed by atoms with Crippen LogP contribution in [0.2, 0.25) is 0 Å². The van der Waals surface area contributed by atoms with Crippen molar-refractivity contribution in [2.45, 2.75) is 33.8 Å². The molecule has 5 nitrogen and oxygen atoms in total. The molecule has 3 atom stereocenters. The van der Waals surface area contributed by atoms with Gasteiger partial charge in [-0.3, -0.25) is 14.4 Å². The number of amides is 1. The smallest absolute Gasteiger partial charge is 0.256 e. The van der Waals surface area contributed by atoms with E-state index < -0.39 is 23.8 Å². The molecule has 0 aliphatic carbocycles. The molecular formula is C12H23NO4. The molecule has 0 aromatic rings. The fraction of sp³-hybridized carbons (Fsp3) is 0.833. The summed E-state index contributed by atoms with van der Waals surface area (Å²) in [4.78, 5) is 28.4. The molecule has 100 valence electrons. The minimum absolute atomic E-state index is 0.0172. The summed E-state index contributed by atoms with van der Waals surface area (Å²) in [7, 11) is 2.82. The second kappa shape index (κ2) is 6.71. The highest BCUT2D eigenvalue weighted by Gasteiger charge is 2.32. The number of aliphatic hydroxyl groups excluding tert-OH is 1. The van der Waals surface area contributed by atoms with Crippen LogP contribution in [0.25, 0.3) is 0 Å². The Balaban J connectivity index is 4.65. The van der Waals surface area contributed by atoms with E-state index in [4.69, 9.17) is 4.84 Å². The van der Waals surface area contributed by atoms with E-state index in [2.05, 4.69) is 0 Å². The topological polar surface area (TPSA) is 66.8 Å². The maximum absolute atomic E-state index is 12.0. The van der Waals surface area contributed by atoms with Crippen LogP contribution in [-0.2, 0) is 14.4 Å². The van der Waals surface area contributed by atoms with Crippen LogP contribution >= 0.6 is 0 Å². The van der Waals surface area contributed by atoms with Crippen LogP contribution in [0.1, 0.15) is 27.7 Å². The van der Waals surface area contributed by atoms with E-state index in [0.29, 0.717) is 0 Å². The quantitative estimate of drug-likeness (QED) is 0.557. The van der Waals surface area contributed by atoms with Gasteiger partial charge in [0.1, 0.15) is 5.78 Å². The lowest BCUT2D eigenvalue weighted by molar-refractivity contribution is -0.174. The molecule has 0 unspecified atom stereocenters. The van der Waals surface area contributed by atoms with Gasteiger partial charge in [0.05, 0.1) is 19.1 Å². The SMILES string of the molecule is CON(C)C(=O)[C@@H](C)C(=O)[C@H](C)[C@@H](O)C(C)C. The van der Waals surface area contributed by atoms with Gasteiger partial charge in [0.2, 0.25) is 0 Å². The third-order valence-electron chi connectivity index (χ3n) is 3.03. The normalized spacial score (nSPS) is 16.5. The summed E-state index contributed by atoms with van der Waals surface area (Å²) in [6.07, 6.45) is -0.731. The molecule has 17 heavy (non-hydrogen) atoms. The standard InChI is InChI=1S/C12H23NO4/c1-7(2)10(14)8(3)11(15)9(4)12(16)13(5)17-6/h7-10,14H,1-6H3/t8-,9+,10+/m1/s1. The Hall–Kier alpha value is -0.940. The van der Waals surface area contributed by atoms with Gasteiger partial charge in [0.25, 0.3) is 5.91 Å². The monoisotopic (exact) mass is 245 g/mol. The summed E-state index contributed by atoms with van der Waals surface area (Å²) in [6.45, 7) is 6.84. The fourth-order valence-corrected chi connectivity index (χ4v) is 1.62. The van der Waals surface area contributed by atoms with Gasteiger partial charge in [0, 0.05) is 13.0 Å². The number of nitrogens with zero attached hydrogens (tertiary/aromatic N) is 1. The first-order valence-corrected chi connectivity index (χ1v) is 5.77. The lowest BCUT2D eigenvalue weighted by Crippen LogP contribution is -2.40. The number of aliphatic hydroxyl groups is 1. The van der Waals surface area contributed by atoms with E-state index in [1.165, 1.54) is 21.1 Å². The fourth-order valence-electron chi connectivity index (χ4n) is 1.62. The van der Waals surface area contributed by atoms with Crippen LogP contribution in [0.4, 0.5) is 0 Å². The van der Waals surface area contributed by atoms with Crippen LogP contribution < -0.4 is 0 Å². The number of Topliss-reactive ketones (excluding diaryl/α,β-unsaturated/α-hetero) is 1. The van der Waals surface area contributed by atoms with Crippen molar-refractivity contribution in [1.29, 1.82) is 0 Å². The number of ketones is 1. The molecule has 0 saturated carbocycles. The van der Waals surface area contributed by atoms with E-state index in [1.54, 1.807) is 6.92 Å². The Labute approximate surface area is 103 Å². The van der Waals surface area contributed by atoms with Crippen molar-refractivity contribution >= 4 is 11.7 Å². The molecule has 0 aromatic carbocycles. The van der Waals surface area contributed by atoms with E-state index in [9.17, 15) is 14.7 Å². The summed E-state index contributed by atoms with van der Waals surface area (Å²) in [5.74, 6) is -2.04. The predicted octanol–water partition coefficient (Wildman–Crippen LogP) is 0.864. The first kappa shape index (κ1) is 16.1. The highest BCUT2D eigenvalue weighted by atomic mass is 16.7. The molecule has 0 radical (unpaired) electrons. The molecular weight excluding hydrogens is 222 g/mol. The zero-order chi connectivity index (χ0) is 13.7. The van der Waals surface area contributed by atoms with Crippen molar-refractivity contribution in [2.75, 3.05) is 14.2 Å². The third kappa shape index (κ3) is 4.09. The van der Waals surface area contributed by atoms with Crippen LogP contribution in [-0.4, -0.2) is 42.1 Å². The van der Waals surface area contributed by atoms with Gasteiger partial charge < -0.3 is 5.11 Å². The molecule has 0 rings (SSSR count). The summed E-state index contributed by atoms with van der Waals surface area (Å²) in [5, 5.41) is 10.8. The van der Waals surface area contributed by atoms with Crippen molar-refractivity contribution in [3.63, 3.8) is 0 Å². The van der Waals surface area contributed by atoms with Crippen molar-refractivity contribution < 1.29 is 19.5 Å². The first-order chi connectivity index (χ1) is 7.73. The maximum atomic E-state index is 12.0. The molecule has 0 spiro atoms. The zero-order valence-corrected chi connectivity index (χ0v) is 11.4. The van der Waals surface area contributed by atoms with Crippen LogP contribution in [0.5, 0.6) is 0 Å². The van der Waals surface area contributed by atoms with Crippen molar-refractivity contribution in [1.82, 2.24) is 5.06 Å². The second-order valence-electron chi connectivity index (χ2n) is 4.67. The zero-order valence-electron chi connectivity index (χ0n) is 11.4. The Kier molecular flexibility index (Phi) is 6.34. The highest BCUT2D eigenvalue weighted by Crippen LogP contribution is 2.18. The number of rotatable bonds is 6. The molecule has 1 N–H and O–H groups in total. The van der Waals surface area contributed by atoms with Gasteiger partial charge in [-0.1, -0.05) is 20.8 Å². The first-order valence-electron chi connectivity index (χ1n) is 5.77. The molecule has 5 heteroatoms. The predicted molar refractivity (Wildman–Crippen MR) is 64.0 cm³/mol. The van der Waals surface area contributed by atoms with Gasteiger partial charge in [-0.05, 0) is 12.8 Å². The second-order valence-corrected chi connectivity index (χ2v) is 4.67. The van der Waals surface area contributed by atoms with Crippen LogP contribution in [0.3, 0.4) is 0 Å². The lowest BCUT2D eigenvalue weighted by atomic mass is 9.86. The van der Waals surface area contributed by atoms with Gasteiger partial charge in [-0.2, -0.15) is 0 Å². The number of hydroxylamine groups is 2. The average molecular weight is 245 g/mol. The van der Waals surface area contributed by atoms with Crippen LogP contribution in [0, 0.1) is 17.8 Å². The largest absolute Gasteiger partial charge is 0.392 e. The van der Waals surface area contributed by atoms with E-state index in [1.807, 2.05) is 13.8 Å². The van der Waals surface area contributed by atoms with Crippen LogP contribution in [0.15, 0.2) is 0 Å².